The van der Waals surface area contributed by atoms with Gasteiger partial charge in [0.25, 0.3) is 0 Å². The van der Waals surface area contributed by atoms with Crippen molar-refractivity contribution in [1.29, 1.82) is 0 Å². The first-order valence-corrected chi connectivity index (χ1v) is 21.1. The molecule has 0 aromatic rings. The van der Waals surface area contributed by atoms with Crippen LogP contribution in [0.15, 0.2) is 0 Å². The third kappa shape index (κ3) is 32.3. The zero-order chi connectivity index (χ0) is 37.1. The third-order valence-electron chi connectivity index (χ3n) is 9.74. The third-order valence-corrected chi connectivity index (χ3v) is 9.74. The van der Waals surface area contributed by atoms with Crippen molar-refractivity contribution >= 4 is 17.9 Å². The summed E-state index contributed by atoms with van der Waals surface area (Å²) in [6, 6.07) is -0.718. The second-order valence-electron chi connectivity index (χ2n) is 15.6. The fourth-order valence-electron chi connectivity index (χ4n) is 6.42. The van der Waals surface area contributed by atoms with Crippen LogP contribution in [-0.2, 0) is 28.6 Å². The Bertz CT molecular complexity index is 797. The van der Waals surface area contributed by atoms with Crippen molar-refractivity contribution in [3.8, 4) is 0 Å². The summed E-state index contributed by atoms with van der Waals surface area (Å²) < 4.78 is 17.1. The fraction of sp³-hybridized carbons (Fsp3) is 0.929. The van der Waals surface area contributed by atoms with Crippen molar-refractivity contribution in [2.45, 2.75) is 212 Å². The molecule has 0 aromatic heterocycles. The van der Waals surface area contributed by atoms with E-state index in [1.165, 1.54) is 128 Å². The molecule has 50 heavy (non-hydrogen) atoms. The van der Waals surface area contributed by atoms with E-state index in [-0.39, 0.29) is 42.7 Å². The van der Waals surface area contributed by atoms with Gasteiger partial charge >= 0.3 is 11.9 Å². The number of carbonyl (C=O) groups is 3. The Kier molecular flexibility index (Phi) is 33.3. The smallest absolute Gasteiger partial charge is 0.306 e. The zero-order valence-electron chi connectivity index (χ0n) is 33.6. The largest absolute Gasteiger partial charge is 0.544 e. The lowest BCUT2D eigenvalue weighted by Gasteiger charge is -2.34. The highest BCUT2D eigenvalue weighted by molar-refractivity contribution is 5.70. The Hall–Kier alpha value is -1.67. The minimum absolute atomic E-state index is 0.0489. The van der Waals surface area contributed by atoms with Gasteiger partial charge in [-0.2, -0.15) is 0 Å². The summed E-state index contributed by atoms with van der Waals surface area (Å²) in [5, 5.41) is 11.6. The van der Waals surface area contributed by atoms with Crippen LogP contribution in [0.4, 0.5) is 0 Å². The van der Waals surface area contributed by atoms with Gasteiger partial charge in [0.15, 0.2) is 6.10 Å². The molecule has 0 spiro atoms. The van der Waals surface area contributed by atoms with Gasteiger partial charge in [0.05, 0.1) is 40.3 Å². The van der Waals surface area contributed by atoms with E-state index in [0.717, 1.165) is 38.5 Å². The number of nitrogens with zero attached hydrogens (tertiary/aromatic N) is 1. The van der Waals surface area contributed by atoms with Crippen LogP contribution < -0.4 is 5.11 Å². The van der Waals surface area contributed by atoms with E-state index in [4.69, 9.17) is 14.2 Å². The summed E-state index contributed by atoms with van der Waals surface area (Å²) in [7, 11) is 5.41. The van der Waals surface area contributed by atoms with Gasteiger partial charge in [0.2, 0.25) is 0 Å². The van der Waals surface area contributed by atoms with E-state index >= 15 is 0 Å². The van der Waals surface area contributed by atoms with E-state index in [1.807, 2.05) is 0 Å². The zero-order valence-corrected chi connectivity index (χ0v) is 33.6. The summed E-state index contributed by atoms with van der Waals surface area (Å²) in [4.78, 5) is 36.7. The van der Waals surface area contributed by atoms with E-state index in [2.05, 4.69) is 13.8 Å². The standard InChI is InChI=1S/C42H81NO7/c1-6-8-10-12-14-16-18-20-22-24-26-28-30-32-40(44)49-37-38(36-48-35-34-39(42(46)47)43(3,4)5)50-41(45)33-31-29-27-25-23-21-19-17-15-13-11-9-7-2/h38-39H,6-37H2,1-5H3. The summed E-state index contributed by atoms with van der Waals surface area (Å²) in [6.45, 7) is 4.68. The highest BCUT2D eigenvalue weighted by atomic mass is 16.6. The lowest BCUT2D eigenvalue weighted by molar-refractivity contribution is -0.889. The number of rotatable bonds is 38. The number of carboxylic acid groups (broad SMARTS) is 1. The normalized spacial score (nSPS) is 12.9. The maximum absolute atomic E-state index is 12.7. The molecule has 0 aliphatic rings. The first kappa shape index (κ1) is 48.3. The van der Waals surface area contributed by atoms with Gasteiger partial charge in [-0.25, -0.2) is 0 Å². The molecule has 2 unspecified atom stereocenters. The molecule has 0 bridgehead atoms. The van der Waals surface area contributed by atoms with Crippen molar-refractivity contribution in [1.82, 2.24) is 0 Å². The van der Waals surface area contributed by atoms with Gasteiger partial charge in [-0.1, -0.05) is 168 Å². The van der Waals surface area contributed by atoms with Crippen LogP contribution in [-0.4, -0.2) is 75.5 Å². The molecule has 0 rings (SSSR count). The Morgan fingerprint density at radius 3 is 1.24 bits per heavy atom. The number of hydrogen-bond donors (Lipinski definition) is 0. The molecule has 0 radical (unpaired) electrons. The molecule has 0 amide bonds. The maximum Gasteiger partial charge on any atom is 0.306 e. The van der Waals surface area contributed by atoms with Gasteiger partial charge in [-0.3, -0.25) is 9.59 Å². The van der Waals surface area contributed by atoms with Crippen molar-refractivity contribution in [3.05, 3.63) is 0 Å². The molecule has 0 aromatic carbocycles. The Morgan fingerprint density at radius 2 is 0.880 bits per heavy atom. The number of esters is 2. The number of ether oxygens (including phenoxy) is 3. The summed E-state index contributed by atoms with van der Waals surface area (Å²) in [5.74, 6) is -1.72. The van der Waals surface area contributed by atoms with Crippen LogP contribution in [0.2, 0.25) is 0 Å². The predicted molar refractivity (Wildman–Crippen MR) is 204 cm³/mol. The summed E-state index contributed by atoms with van der Waals surface area (Å²) in [6.07, 6.45) is 32.6. The van der Waals surface area contributed by atoms with Gasteiger partial charge in [0, 0.05) is 19.3 Å². The molecule has 0 saturated heterocycles. The lowest BCUT2D eigenvalue weighted by atomic mass is 10.0. The molecule has 8 nitrogen and oxygen atoms in total. The highest BCUT2D eigenvalue weighted by Gasteiger charge is 2.25. The van der Waals surface area contributed by atoms with E-state index in [1.54, 1.807) is 21.1 Å². The first-order valence-electron chi connectivity index (χ1n) is 21.1. The highest BCUT2D eigenvalue weighted by Crippen LogP contribution is 2.15. The Labute approximate surface area is 308 Å². The molecular weight excluding hydrogens is 630 g/mol. The molecule has 0 saturated carbocycles. The summed E-state index contributed by atoms with van der Waals surface area (Å²) in [5.41, 5.74) is 0. The fourth-order valence-corrected chi connectivity index (χ4v) is 6.42. The number of hydrogen-bond acceptors (Lipinski definition) is 7. The molecular formula is C42H81NO7. The van der Waals surface area contributed by atoms with Crippen molar-refractivity contribution < 1.29 is 38.2 Å². The molecule has 8 heteroatoms. The van der Waals surface area contributed by atoms with Gasteiger partial charge < -0.3 is 28.6 Å². The lowest BCUT2D eigenvalue weighted by Crippen LogP contribution is -2.55. The maximum atomic E-state index is 12.7. The van der Waals surface area contributed by atoms with Gasteiger partial charge in [-0.15, -0.1) is 0 Å². The van der Waals surface area contributed by atoms with Crippen LogP contribution in [0, 0.1) is 0 Å². The number of unbranched alkanes of at least 4 members (excludes halogenated alkanes) is 24. The number of likely N-dealkylation sites (N-methyl/N-ethyl adjacent to an activating group) is 1. The monoisotopic (exact) mass is 712 g/mol. The van der Waals surface area contributed by atoms with Crippen LogP contribution in [0.5, 0.6) is 0 Å². The topological polar surface area (TPSA) is 102 Å². The summed E-state index contributed by atoms with van der Waals surface area (Å²) >= 11 is 0. The number of aliphatic carboxylic acids is 1. The van der Waals surface area contributed by atoms with Gasteiger partial charge in [-0.05, 0) is 12.8 Å². The molecule has 0 N–H and O–H groups in total. The number of quaternary nitrogens is 1. The molecule has 0 heterocycles. The van der Waals surface area contributed by atoms with E-state index in [0.29, 0.717) is 12.8 Å². The van der Waals surface area contributed by atoms with Crippen molar-refractivity contribution in [3.63, 3.8) is 0 Å². The molecule has 296 valence electrons. The van der Waals surface area contributed by atoms with Gasteiger partial charge in [0.1, 0.15) is 12.6 Å². The van der Waals surface area contributed by atoms with Crippen LogP contribution in [0.1, 0.15) is 200 Å². The molecule has 0 aliphatic carbocycles. The van der Waals surface area contributed by atoms with Crippen molar-refractivity contribution in [2.75, 3.05) is 41.0 Å². The van der Waals surface area contributed by atoms with Crippen LogP contribution >= 0.6 is 0 Å². The minimum atomic E-state index is -1.12. The average Bonchev–Trinajstić information content (AvgIpc) is 3.06. The van der Waals surface area contributed by atoms with Crippen LogP contribution in [0.25, 0.3) is 0 Å². The molecule has 0 fully saturated rings. The van der Waals surface area contributed by atoms with Crippen LogP contribution in [0.3, 0.4) is 0 Å². The number of carbonyl (C=O) groups excluding carboxylic acids is 3. The number of carboxylic acids is 1. The second-order valence-corrected chi connectivity index (χ2v) is 15.6. The SMILES string of the molecule is CCCCCCCCCCCCCCCC(=O)OCC(COCCC(C(=O)[O-])[N+](C)(C)C)OC(=O)CCCCCCCCCCCCCCC. The second kappa shape index (κ2) is 34.4. The molecule has 0 aliphatic heterocycles. The van der Waals surface area contributed by atoms with E-state index in [9.17, 15) is 19.5 Å². The average molecular weight is 712 g/mol. The Balaban J connectivity index is 4.34. The first-order chi connectivity index (χ1) is 24.1. The van der Waals surface area contributed by atoms with Crippen molar-refractivity contribution in [2.24, 2.45) is 0 Å². The quantitative estimate of drug-likeness (QED) is 0.0357. The molecule has 2 atom stereocenters. The Morgan fingerprint density at radius 1 is 0.520 bits per heavy atom. The minimum Gasteiger partial charge on any atom is -0.544 e. The predicted octanol–water partition coefficient (Wildman–Crippen LogP) is 9.64. The van der Waals surface area contributed by atoms with E-state index < -0.39 is 18.1 Å².